The zero-order valence-electron chi connectivity index (χ0n) is 9.15. The molecule has 0 saturated heterocycles. The van der Waals surface area contributed by atoms with E-state index in [9.17, 15) is 4.79 Å². The molecule has 0 radical (unpaired) electrons. The highest BCUT2D eigenvalue weighted by Crippen LogP contribution is 2.18. The Balaban J connectivity index is 2.35. The molecule has 0 saturated carbocycles. The molecule has 0 bridgehead atoms. The summed E-state index contributed by atoms with van der Waals surface area (Å²) in [6.07, 6.45) is 0.737. The maximum atomic E-state index is 11.0. The van der Waals surface area contributed by atoms with E-state index in [0.717, 1.165) is 22.1 Å². The van der Waals surface area contributed by atoms with Gasteiger partial charge in [0.2, 0.25) is 0 Å². The van der Waals surface area contributed by atoms with Gasteiger partial charge in [-0.3, -0.25) is 4.79 Å². The van der Waals surface area contributed by atoms with E-state index in [1.54, 1.807) is 4.57 Å². The lowest BCUT2D eigenvalue weighted by molar-refractivity contribution is 0.111. The predicted molar refractivity (Wildman–Crippen MR) is 70.6 cm³/mol. The van der Waals surface area contributed by atoms with Crippen molar-refractivity contribution in [2.75, 3.05) is 0 Å². The fourth-order valence-corrected chi connectivity index (χ4v) is 2.16. The SMILES string of the molecule is Cc1nc(Cl)c(C=O)n1Cc1ccc(Br)cc1. The Morgan fingerprint density at radius 3 is 2.65 bits per heavy atom. The van der Waals surface area contributed by atoms with Crippen LogP contribution in [-0.2, 0) is 6.54 Å². The first kappa shape index (κ1) is 12.3. The van der Waals surface area contributed by atoms with Gasteiger partial charge in [-0.2, -0.15) is 0 Å². The van der Waals surface area contributed by atoms with Gasteiger partial charge in [-0.1, -0.05) is 39.7 Å². The Morgan fingerprint density at radius 1 is 1.41 bits per heavy atom. The van der Waals surface area contributed by atoms with Gasteiger partial charge in [0.15, 0.2) is 11.4 Å². The van der Waals surface area contributed by atoms with Crippen LogP contribution in [0.2, 0.25) is 5.15 Å². The summed E-state index contributed by atoms with van der Waals surface area (Å²) in [5.41, 5.74) is 1.51. The van der Waals surface area contributed by atoms with E-state index < -0.39 is 0 Å². The smallest absolute Gasteiger partial charge is 0.169 e. The third-order valence-corrected chi connectivity index (χ3v) is 3.33. The highest BCUT2D eigenvalue weighted by Gasteiger charge is 2.12. The van der Waals surface area contributed by atoms with Gasteiger partial charge in [-0.25, -0.2) is 4.98 Å². The maximum absolute atomic E-state index is 11.0. The van der Waals surface area contributed by atoms with Gasteiger partial charge in [-0.05, 0) is 24.6 Å². The monoisotopic (exact) mass is 312 g/mol. The molecular weight excluding hydrogens is 304 g/mol. The van der Waals surface area contributed by atoms with E-state index in [0.29, 0.717) is 12.2 Å². The van der Waals surface area contributed by atoms with Gasteiger partial charge in [0.05, 0.1) is 0 Å². The molecule has 0 unspecified atom stereocenters. The minimum Gasteiger partial charge on any atom is -0.320 e. The first-order chi connectivity index (χ1) is 8.11. The maximum Gasteiger partial charge on any atom is 0.169 e. The van der Waals surface area contributed by atoms with Crippen molar-refractivity contribution in [2.24, 2.45) is 0 Å². The van der Waals surface area contributed by atoms with E-state index in [-0.39, 0.29) is 5.15 Å². The van der Waals surface area contributed by atoms with Gasteiger partial charge >= 0.3 is 0 Å². The summed E-state index contributed by atoms with van der Waals surface area (Å²) in [4.78, 5) is 15.0. The molecule has 17 heavy (non-hydrogen) atoms. The zero-order valence-corrected chi connectivity index (χ0v) is 11.5. The molecular formula is C12H10BrClN2O. The van der Waals surface area contributed by atoms with E-state index in [2.05, 4.69) is 20.9 Å². The van der Waals surface area contributed by atoms with Crippen LogP contribution in [0.25, 0.3) is 0 Å². The highest BCUT2D eigenvalue weighted by molar-refractivity contribution is 9.10. The minimum absolute atomic E-state index is 0.259. The molecule has 0 fully saturated rings. The largest absolute Gasteiger partial charge is 0.320 e. The molecule has 0 aliphatic carbocycles. The number of carbonyl (C=O) groups is 1. The van der Waals surface area contributed by atoms with Crippen LogP contribution >= 0.6 is 27.5 Å². The van der Waals surface area contributed by atoms with Gasteiger partial charge in [0.25, 0.3) is 0 Å². The van der Waals surface area contributed by atoms with E-state index in [1.165, 1.54) is 0 Å². The zero-order chi connectivity index (χ0) is 12.4. The van der Waals surface area contributed by atoms with Crippen LogP contribution in [0.1, 0.15) is 21.9 Å². The van der Waals surface area contributed by atoms with Crippen LogP contribution < -0.4 is 0 Å². The summed E-state index contributed by atoms with van der Waals surface area (Å²) in [5, 5.41) is 0.259. The third-order valence-electron chi connectivity index (χ3n) is 2.52. The highest BCUT2D eigenvalue weighted by atomic mass is 79.9. The average Bonchev–Trinajstić information content (AvgIpc) is 2.57. The predicted octanol–water partition coefficient (Wildman–Crippen LogP) is 3.47. The van der Waals surface area contributed by atoms with Crippen LogP contribution in [0.15, 0.2) is 28.7 Å². The third kappa shape index (κ3) is 2.58. The summed E-state index contributed by atoms with van der Waals surface area (Å²) in [6, 6.07) is 7.91. The number of aldehydes is 1. The quantitative estimate of drug-likeness (QED) is 0.813. The topological polar surface area (TPSA) is 34.9 Å². The fourth-order valence-electron chi connectivity index (χ4n) is 1.63. The van der Waals surface area contributed by atoms with Crippen LogP contribution in [0.3, 0.4) is 0 Å². The normalized spacial score (nSPS) is 10.5. The summed E-state index contributed by atoms with van der Waals surface area (Å²) >= 11 is 9.25. The minimum atomic E-state index is 0.259. The number of aryl methyl sites for hydroxylation is 1. The van der Waals surface area contributed by atoms with Crippen LogP contribution in [0.5, 0.6) is 0 Å². The molecule has 2 aromatic rings. The van der Waals surface area contributed by atoms with E-state index in [1.807, 2.05) is 31.2 Å². The standard InChI is InChI=1S/C12H10BrClN2O/c1-8-15-12(14)11(7-17)16(8)6-9-2-4-10(13)5-3-9/h2-5,7H,6H2,1H3. The van der Waals surface area contributed by atoms with E-state index >= 15 is 0 Å². The summed E-state index contributed by atoms with van der Waals surface area (Å²) in [5.74, 6) is 0.736. The number of hydrogen-bond donors (Lipinski definition) is 0. The Bertz CT molecular complexity index is 548. The summed E-state index contributed by atoms with van der Waals surface area (Å²) in [6.45, 7) is 2.42. The first-order valence-corrected chi connectivity index (χ1v) is 6.21. The molecule has 3 nitrogen and oxygen atoms in total. The molecule has 1 aromatic heterocycles. The van der Waals surface area contributed by atoms with Crippen molar-refractivity contribution in [2.45, 2.75) is 13.5 Å². The molecule has 5 heteroatoms. The summed E-state index contributed by atoms with van der Waals surface area (Å²) < 4.78 is 2.83. The second-order valence-electron chi connectivity index (χ2n) is 3.67. The molecule has 1 heterocycles. The van der Waals surface area contributed by atoms with Crippen LogP contribution in [-0.4, -0.2) is 15.8 Å². The van der Waals surface area contributed by atoms with Crippen molar-refractivity contribution < 1.29 is 4.79 Å². The van der Waals surface area contributed by atoms with Gasteiger partial charge in [0.1, 0.15) is 11.5 Å². The number of rotatable bonds is 3. The number of imidazole rings is 1. The number of nitrogens with zero attached hydrogens (tertiary/aromatic N) is 2. The number of aromatic nitrogens is 2. The molecule has 0 spiro atoms. The lowest BCUT2D eigenvalue weighted by atomic mass is 10.2. The van der Waals surface area contributed by atoms with Crippen LogP contribution in [0.4, 0.5) is 0 Å². The molecule has 0 N–H and O–H groups in total. The van der Waals surface area contributed by atoms with Crippen molar-refractivity contribution in [1.29, 1.82) is 0 Å². The molecule has 0 amide bonds. The molecule has 0 atom stereocenters. The Kier molecular flexibility index (Phi) is 3.64. The number of halogens is 2. The number of hydrogen-bond acceptors (Lipinski definition) is 2. The van der Waals surface area contributed by atoms with Crippen molar-refractivity contribution in [3.05, 3.63) is 51.0 Å². The fraction of sp³-hybridized carbons (Fsp3) is 0.167. The van der Waals surface area contributed by atoms with Crippen molar-refractivity contribution in [3.63, 3.8) is 0 Å². The van der Waals surface area contributed by atoms with Crippen molar-refractivity contribution >= 4 is 33.8 Å². The Labute approximate surface area is 113 Å². The molecule has 88 valence electrons. The van der Waals surface area contributed by atoms with Gasteiger partial charge in [-0.15, -0.1) is 0 Å². The molecule has 2 rings (SSSR count). The second-order valence-corrected chi connectivity index (χ2v) is 4.94. The summed E-state index contributed by atoms with van der Waals surface area (Å²) in [7, 11) is 0. The van der Waals surface area contributed by atoms with Crippen molar-refractivity contribution in [1.82, 2.24) is 9.55 Å². The van der Waals surface area contributed by atoms with Crippen molar-refractivity contribution in [3.8, 4) is 0 Å². The van der Waals surface area contributed by atoms with Gasteiger partial charge < -0.3 is 4.57 Å². The second kappa shape index (κ2) is 5.02. The average molecular weight is 314 g/mol. The lowest BCUT2D eigenvalue weighted by Crippen LogP contribution is -2.05. The van der Waals surface area contributed by atoms with Gasteiger partial charge in [0, 0.05) is 11.0 Å². The Hall–Kier alpha value is -1.13. The number of carbonyl (C=O) groups excluding carboxylic acids is 1. The lowest BCUT2D eigenvalue weighted by Gasteiger charge is -2.07. The van der Waals surface area contributed by atoms with Crippen LogP contribution in [0, 0.1) is 6.92 Å². The molecule has 1 aromatic carbocycles. The first-order valence-electron chi connectivity index (χ1n) is 5.04. The molecule has 0 aliphatic rings. The Morgan fingerprint density at radius 2 is 2.06 bits per heavy atom. The van der Waals surface area contributed by atoms with E-state index in [4.69, 9.17) is 11.6 Å². The molecule has 0 aliphatic heterocycles. The number of benzene rings is 1.